The minimum absolute atomic E-state index is 0.427. The molecular weight excluding hydrogens is 162 g/mol. The highest BCUT2D eigenvalue weighted by Gasteiger charge is 1.99. The van der Waals surface area contributed by atoms with Crippen molar-refractivity contribution >= 4 is 11.6 Å². The summed E-state index contributed by atoms with van der Waals surface area (Å²) in [4.78, 5) is 4.09. The summed E-state index contributed by atoms with van der Waals surface area (Å²) in [6.07, 6.45) is 1.76. The summed E-state index contributed by atoms with van der Waals surface area (Å²) < 4.78 is 5.09. The highest BCUT2D eigenvalue weighted by atomic mass is 35.5. The van der Waals surface area contributed by atoms with E-state index in [0.29, 0.717) is 5.88 Å². The summed E-state index contributed by atoms with van der Waals surface area (Å²) >= 11 is 5.59. The lowest BCUT2D eigenvalue weighted by molar-refractivity contribution is 0.410. The molecule has 2 nitrogen and oxygen atoms in total. The van der Waals surface area contributed by atoms with Crippen LogP contribution in [-0.2, 0) is 5.88 Å². The van der Waals surface area contributed by atoms with Crippen LogP contribution in [0.2, 0.25) is 0 Å². The molecule has 0 aliphatic rings. The van der Waals surface area contributed by atoms with Gasteiger partial charge in [-0.3, -0.25) is 4.98 Å². The van der Waals surface area contributed by atoms with Crippen LogP contribution in [0.4, 0.5) is 0 Å². The molecule has 1 rings (SSSR count). The van der Waals surface area contributed by atoms with Crippen LogP contribution < -0.4 is 4.74 Å². The van der Waals surface area contributed by atoms with Crippen molar-refractivity contribution in [3.8, 4) is 5.75 Å². The second kappa shape index (κ2) is 3.58. The lowest BCUT2D eigenvalue weighted by Crippen LogP contribution is -1.91. The Labute approximate surface area is 71.2 Å². The van der Waals surface area contributed by atoms with Gasteiger partial charge in [0, 0.05) is 17.8 Å². The van der Waals surface area contributed by atoms with Crippen molar-refractivity contribution in [3.05, 3.63) is 23.5 Å². The number of hydrogen-bond acceptors (Lipinski definition) is 2. The predicted octanol–water partition coefficient (Wildman–Crippen LogP) is 2.14. The third-order valence-corrected chi connectivity index (χ3v) is 1.74. The van der Waals surface area contributed by atoms with Gasteiger partial charge < -0.3 is 4.74 Å². The number of ether oxygens (including phenoxy) is 1. The fourth-order valence-corrected chi connectivity index (χ4v) is 0.985. The normalized spacial score (nSPS) is 9.73. The molecule has 0 N–H and O–H groups in total. The van der Waals surface area contributed by atoms with Crippen LogP contribution in [0.15, 0.2) is 12.3 Å². The highest BCUT2D eigenvalue weighted by molar-refractivity contribution is 6.16. The molecule has 0 saturated carbocycles. The van der Waals surface area contributed by atoms with Gasteiger partial charge in [-0.2, -0.15) is 0 Å². The fraction of sp³-hybridized carbons (Fsp3) is 0.375. The first kappa shape index (κ1) is 8.34. The monoisotopic (exact) mass is 171 g/mol. The number of methoxy groups -OCH3 is 1. The Bertz CT molecular complexity index is 250. The molecule has 0 amide bonds. The standard InChI is InChI=1S/C8H10ClNO/c1-6-5-10-7(4-9)3-8(6)11-2/h3,5H,4H2,1-2H3. The van der Waals surface area contributed by atoms with E-state index >= 15 is 0 Å². The average Bonchev–Trinajstić information content (AvgIpc) is 2.05. The first-order chi connectivity index (χ1) is 5.27. The number of pyridine rings is 1. The Morgan fingerprint density at radius 1 is 1.64 bits per heavy atom. The van der Waals surface area contributed by atoms with Crippen molar-refractivity contribution in [3.63, 3.8) is 0 Å². The molecule has 0 spiro atoms. The first-order valence-electron chi connectivity index (χ1n) is 3.33. The predicted molar refractivity (Wildman–Crippen MR) is 45.1 cm³/mol. The zero-order valence-electron chi connectivity index (χ0n) is 6.60. The van der Waals surface area contributed by atoms with Crippen LogP contribution in [0.3, 0.4) is 0 Å². The van der Waals surface area contributed by atoms with Crippen molar-refractivity contribution in [2.24, 2.45) is 0 Å². The smallest absolute Gasteiger partial charge is 0.125 e. The Morgan fingerprint density at radius 3 is 2.91 bits per heavy atom. The van der Waals surface area contributed by atoms with Gasteiger partial charge in [0.15, 0.2) is 0 Å². The summed E-state index contributed by atoms with van der Waals surface area (Å²) in [5.74, 6) is 1.27. The molecule has 0 aromatic carbocycles. The number of alkyl halides is 1. The van der Waals surface area contributed by atoms with Crippen LogP contribution >= 0.6 is 11.6 Å². The van der Waals surface area contributed by atoms with Crippen molar-refractivity contribution in [2.45, 2.75) is 12.8 Å². The van der Waals surface area contributed by atoms with E-state index in [0.717, 1.165) is 17.0 Å². The minimum Gasteiger partial charge on any atom is -0.496 e. The first-order valence-corrected chi connectivity index (χ1v) is 3.87. The van der Waals surface area contributed by atoms with Crippen LogP contribution in [0.5, 0.6) is 5.75 Å². The van der Waals surface area contributed by atoms with Gasteiger partial charge in [-0.1, -0.05) is 0 Å². The van der Waals surface area contributed by atoms with Gasteiger partial charge >= 0.3 is 0 Å². The van der Waals surface area contributed by atoms with E-state index in [1.165, 1.54) is 0 Å². The number of aromatic nitrogens is 1. The molecule has 1 aromatic heterocycles. The maximum atomic E-state index is 5.59. The molecule has 0 atom stereocenters. The third kappa shape index (κ3) is 1.84. The van der Waals surface area contributed by atoms with Crippen molar-refractivity contribution in [1.29, 1.82) is 0 Å². The molecule has 0 aliphatic heterocycles. The van der Waals surface area contributed by atoms with E-state index in [-0.39, 0.29) is 0 Å². The molecule has 0 bridgehead atoms. The molecule has 0 fully saturated rings. The van der Waals surface area contributed by atoms with Crippen LogP contribution in [-0.4, -0.2) is 12.1 Å². The van der Waals surface area contributed by atoms with Crippen LogP contribution in [0, 0.1) is 6.92 Å². The Morgan fingerprint density at radius 2 is 2.36 bits per heavy atom. The summed E-state index contributed by atoms with van der Waals surface area (Å²) in [6.45, 7) is 1.95. The molecule has 0 radical (unpaired) electrons. The molecule has 0 saturated heterocycles. The van der Waals surface area contributed by atoms with Crippen molar-refractivity contribution in [2.75, 3.05) is 7.11 Å². The summed E-state index contributed by atoms with van der Waals surface area (Å²) in [7, 11) is 1.64. The average molecular weight is 172 g/mol. The van der Waals surface area contributed by atoms with E-state index < -0.39 is 0 Å². The second-order valence-electron chi connectivity index (χ2n) is 2.28. The largest absolute Gasteiger partial charge is 0.496 e. The van der Waals surface area contributed by atoms with Gasteiger partial charge in [-0.15, -0.1) is 11.6 Å². The van der Waals surface area contributed by atoms with E-state index in [9.17, 15) is 0 Å². The van der Waals surface area contributed by atoms with Gasteiger partial charge in [0.2, 0.25) is 0 Å². The molecular formula is C8H10ClNO. The van der Waals surface area contributed by atoms with Crippen molar-refractivity contribution < 1.29 is 4.74 Å². The highest BCUT2D eigenvalue weighted by Crippen LogP contribution is 2.17. The maximum Gasteiger partial charge on any atom is 0.125 e. The zero-order chi connectivity index (χ0) is 8.27. The second-order valence-corrected chi connectivity index (χ2v) is 2.55. The Hall–Kier alpha value is -0.760. The van der Waals surface area contributed by atoms with Gasteiger partial charge in [0.1, 0.15) is 5.75 Å². The summed E-state index contributed by atoms with van der Waals surface area (Å²) in [5, 5.41) is 0. The van der Waals surface area contributed by atoms with Crippen LogP contribution in [0.25, 0.3) is 0 Å². The SMILES string of the molecule is COc1cc(CCl)ncc1C. The van der Waals surface area contributed by atoms with Gasteiger partial charge in [-0.25, -0.2) is 0 Å². The molecule has 11 heavy (non-hydrogen) atoms. The molecule has 1 heterocycles. The quantitative estimate of drug-likeness (QED) is 0.637. The molecule has 60 valence electrons. The maximum absolute atomic E-state index is 5.59. The number of rotatable bonds is 2. The third-order valence-electron chi connectivity index (χ3n) is 1.47. The Kier molecular flexibility index (Phi) is 2.71. The molecule has 0 unspecified atom stereocenters. The lowest BCUT2D eigenvalue weighted by Gasteiger charge is -2.04. The zero-order valence-corrected chi connectivity index (χ0v) is 7.35. The number of nitrogens with zero attached hydrogens (tertiary/aromatic N) is 1. The number of hydrogen-bond donors (Lipinski definition) is 0. The number of halogens is 1. The van der Waals surface area contributed by atoms with Gasteiger partial charge in [0.05, 0.1) is 18.7 Å². The topological polar surface area (TPSA) is 22.1 Å². The van der Waals surface area contributed by atoms with E-state index in [1.807, 2.05) is 13.0 Å². The van der Waals surface area contributed by atoms with Crippen molar-refractivity contribution in [1.82, 2.24) is 4.98 Å². The minimum atomic E-state index is 0.427. The molecule has 3 heteroatoms. The molecule has 1 aromatic rings. The van der Waals surface area contributed by atoms with E-state index in [1.54, 1.807) is 13.3 Å². The Balaban J connectivity index is 3.02. The fourth-order valence-electron chi connectivity index (χ4n) is 0.839. The lowest BCUT2D eigenvalue weighted by atomic mass is 10.2. The van der Waals surface area contributed by atoms with Gasteiger partial charge in [-0.05, 0) is 6.92 Å². The van der Waals surface area contributed by atoms with Crippen LogP contribution in [0.1, 0.15) is 11.3 Å². The van der Waals surface area contributed by atoms with E-state index in [2.05, 4.69) is 4.98 Å². The molecule has 0 aliphatic carbocycles. The number of aryl methyl sites for hydroxylation is 1. The van der Waals surface area contributed by atoms with Gasteiger partial charge in [0.25, 0.3) is 0 Å². The van der Waals surface area contributed by atoms with E-state index in [4.69, 9.17) is 16.3 Å². The summed E-state index contributed by atoms with van der Waals surface area (Å²) in [6, 6.07) is 1.85. The summed E-state index contributed by atoms with van der Waals surface area (Å²) in [5.41, 5.74) is 1.87.